The van der Waals surface area contributed by atoms with Crippen LogP contribution in [0.25, 0.3) is 0 Å². The third-order valence-corrected chi connectivity index (χ3v) is 2.19. The van der Waals surface area contributed by atoms with Crippen molar-refractivity contribution >= 4 is 11.6 Å². The minimum absolute atomic E-state index is 0.277. The Kier molecular flexibility index (Phi) is 3.55. The second-order valence-corrected chi connectivity index (χ2v) is 3.64. The van der Waals surface area contributed by atoms with Gasteiger partial charge in [-0.1, -0.05) is 13.0 Å². The molecule has 1 aromatic rings. The van der Waals surface area contributed by atoms with Crippen molar-refractivity contribution in [2.75, 3.05) is 12.3 Å². The molecule has 0 heterocycles. The first-order valence-corrected chi connectivity index (χ1v) is 4.79. The number of carbonyl (C=O) groups excluding carboxylic acids is 1. The van der Waals surface area contributed by atoms with Gasteiger partial charge in [0.15, 0.2) is 0 Å². The number of rotatable bonds is 4. The van der Waals surface area contributed by atoms with Crippen molar-refractivity contribution in [2.24, 2.45) is 11.7 Å². The number of carbonyl (C=O) groups is 1. The van der Waals surface area contributed by atoms with Crippen LogP contribution in [0, 0.1) is 12.8 Å². The largest absolute Gasteiger partial charge is 0.492 e. The number of aryl methyl sites for hydroxylation is 1. The van der Waals surface area contributed by atoms with E-state index in [1.165, 1.54) is 0 Å². The van der Waals surface area contributed by atoms with Crippen molar-refractivity contribution in [1.82, 2.24) is 0 Å². The van der Waals surface area contributed by atoms with Crippen molar-refractivity contribution in [1.29, 1.82) is 0 Å². The Bertz CT molecular complexity index is 364. The Hall–Kier alpha value is -1.71. The van der Waals surface area contributed by atoms with E-state index in [9.17, 15) is 4.79 Å². The van der Waals surface area contributed by atoms with Gasteiger partial charge in [-0.15, -0.1) is 0 Å². The van der Waals surface area contributed by atoms with E-state index >= 15 is 0 Å². The lowest BCUT2D eigenvalue weighted by Crippen LogP contribution is -2.25. The topological polar surface area (TPSA) is 78.3 Å². The lowest BCUT2D eigenvalue weighted by molar-refractivity contribution is -0.122. The zero-order valence-corrected chi connectivity index (χ0v) is 8.99. The van der Waals surface area contributed by atoms with Gasteiger partial charge in [0.2, 0.25) is 5.91 Å². The second kappa shape index (κ2) is 4.68. The summed E-state index contributed by atoms with van der Waals surface area (Å²) in [5.74, 6) is 0.0329. The van der Waals surface area contributed by atoms with Gasteiger partial charge in [-0.2, -0.15) is 0 Å². The third-order valence-electron chi connectivity index (χ3n) is 2.19. The van der Waals surface area contributed by atoms with Crippen LogP contribution in [0.3, 0.4) is 0 Å². The second-order valence-electron chi connectivity index (χ2n) is 3.64. The fourth-order valence-electron chi connectivity index (χ4n) is 1.07. The Balaban J connectivity index is 2.65. The zero-order valence-electron chi connectivity index (χ0n) is 8.99. The molecule has 0 radical (unpaired) electrons. The molecule has 1 amide bonds. The standard InChI is InChI=1S/C11H16N2O2/c1-7-3-4-9(12)5-10(7)15-6-8(2)11(13)14/h3-5,8H,6,12H2,1-2H3,(H2,13,14). The highest BCUT2D eigenvalue weighted by Crippen LogP contribution is 2.21. The normalized spacial score (nSPS) is 12.1. The molecule has 0 aromatic heterocycles. The number of primary amides is 1. The minimum atomic E-state index is -0.364. The summed E-state index contributed by atoms with van der Waals surface area (Å²) in [4.78, 5) is 10.8. The van der Waals surface area contributed by atoms with E-state index in [4.69, 9.17) is 16.2 Å². The summed E-state index contributed by atoms with van der Waals surface area (Å²) in [6, 6.07) is 5.42. The molecule has 1 unspecified atom stereocenters. The number of ether oxygens (including phenoxy) is 1. The molecule has 15 heavy (non-hydrogen) atoms. The number of hydrogen-bond acceptors (Lipinski definition) is 3. The quantitative estimate of drug-likeness (QED) is 0.727. The summed E-state index contributed by atoms with van der Waals surface area (Å²) in [7, 11) is 0. The third kappa shape index (κ3) is 3.16. The average Bonchev–Trinajstić information content (AvgIpc) is 2.18. The summed E-state index contributed by atoms with van der Waals surface area (Å²) < 4.78 is 5.46. The van der Waals surface area contributed by atoms with E-state index in [-0.39, 0.29) is 18.4 Å². The fourth-order valence-corrected chi connectivity index (χ4v) is 1.07. The van der Waals surface area contributed by atoms with Crippen molar-refractivity contribution in [3.8, 4) is 5.75 Å². The molecule has 82 valence electrons. The van der Waals surface area contributed by atoms with Gasteiger partial charge in [0.25, 0.3) is 0 Å². The molecule has 0 saturated carbocycles. The highest BCUT2D eigenvalue weighted by molar-refractivity contribution is 5.76. The number of amides is 1. The van der Waals surface area contributed by atoms with Gasteiger partial charge >= 0.3 is 0 Å². The van der Waals surface area contributed by atoms with Gasteiger partial charge in [0.1, 0.15) is 5.75 Å². The average molecular weight is 208 g/mol. The van der Waals surface area contributed by atoms with Crippen molar-refractivity contribution in [2.45, 2.75) is 13.8 Å². The number of hydrogen-bond donors (Lipinski definition) is 2. The molecule has 4 heteroatoms. The maximum Gasteiger partial charge on any atom is 0.223 e. The molecule has 4 N–H and O–H groups in total. The molecule has 1 atom stereocenters. The maximum absolute atomic E-state index is 10.8. The van der Waals surface area contributed by atoms with Crippen LogP contribution < -0.4 is 16.2 Å². The van der Waals surface area contributed by atoms with Crippen molar-refractivity contribution in [3.05, 3.63) is 23.8 Å². The van der Waals surface area contributed by atoms with Crippen molar-refractivity contribution < 1.29 is 9.53 Å². The summed E-state index contributed by atoms with van der Waals surface area (Å²) in [5.41, 5.74) is 12.4. The number of nitrogen functional groups attached to an aromatic ring is 1. The monoisotopic (exact) mass is 208 g/mol. The molecule has 0 saturated heterocycles. The molecule has 4 nitrogen and oxygen atoms in total. The van der Waals surface area contributed by atoms with Crippen LogP contribution >= 0.6 is 0 Å². The van der Waals surface area contributed by atoms with Crippen LogP contribution in [0.1, 0.15) is 12.5 Å². The Morgan fingerprint density at radius 1 is 1.53 bits per heavy atom. The zero-order chi connectivity index (χ0) is 11.4. The summed E-state index contributed by atoms with van der Waals surface area (Å²) in [6.45, 7) is 3.92. The predicted octanol–water partition coefficient (Wildman–Crippen LogP) is 1.08. The van der Waals surface area contributed by atoms with Gasteiger partial charge in [-0.3, -0.25) is 4.79 Å². The van der Waals surface area contributed by atoms with E-state index in [0.29, 0.717) is 11.4 Å². The van der Waals surface area contributed by atoms with Crippen LogP contribution in [-0.2, 0) is 4.79 Å². The lowest BCUT2D eigenvalue weighted by atomic mass is 10.2. The summed E-state index contributed by atoms with van der Waals surface area (Å²) in [6.07, 6.45) is 0. The van der Waals surface area contributed by atoms with E-state index in [1.54, 1.807) is 19.1 Å². The first kappa shape index (κ1) is 11.4. The molecule has 0 aliphatic rings. The van der Waals surface area contributed by atoms with Gasteiger partial charge in [0.05, 0.1) is 12.5 Å². The van der Waals surface area contributed by atoms with Gasteiger partial charge < -0.3 is 16.2 Å². The highest BCUT2D eigenvalue weighted by atomic mass is 16.5. The molecular weight excluding hydrogens is 192 g/mol. The van der Waals surface area contributed by atoms with Crippen LogP contribution in [0.15, 0.2) is 18.2 Å². The Morgan fingerprint density at radius 2 is 2.20 bits per heavy atom. The number of nitrogens with two attached hydrogens (primary N) is 2. The van der Waals surface area contributed by atoms with Crippen molar-refractivity contribution in [3.63, 3.8) is 0 Å². The predicted molar refractivity (Wildman–Crippen MR) is 59.4 cm³/mol. The molecule has 0 fully saturated rings. The van der Waals surface area contributed by atoms with Crippen LogP contribution in [0.5, 0.6) is 5.75 Å². The lowest BCUT2D eigenvalue weighted by Gasteiger charge is -2.12. The molecular formula is C11H16N2O2. The fraction of sp³-hybridized carbons (Fsp3) is 0.364. The molecule has 1 rings (SSSR count). The first-order valence-electron chi connectivity index (χ1n) is 4.79. The Morgan fingerprint density at radius 3 is 2.80 bits per heavy atom. The summed E-state index contributed by atoms with van der Waals surface area (Å²) in [5, 5.41) is 0. The summed E-state index contributed by atoms with van der Waals surface area (Å²) >= 11 is 0. The van der Waals surface area contributed by atoms with Crippen LogP contribution in [-0.4, -0.2) is 12.5 Å². The van der Waals surface area contributed by atoms with Gasteiger partial charge in [-0.05, 0) is 18.6 Å². The number of benzene rings is 1. The van der Waals surface area contributed by atoms with E-state index in [2.05, 4.69) is 0 Å². The minimum Gasteiger partial charge on any atom is -0.492 e. The first-order chi connectivity index (χ1) is 7.00. The molecule has 1 aromatic carbocycles. The SMILES string of the molecule is Cc1ccc(N)cc1OCC(C)C(N)=O. The van der Waals surface area contributed by atoms with E-state index in [0.717, 1.165) is 5.56 Å². The van der Waals surface area contributed by atoms with E-state index in [1.807, 2.05) is 13.0 Å². The van der Waals surface area contributed by atoms with Crippen LogP contribution in [0.2, 0.25) is 0 Å². The van der Waals surface area contributed by atoms with E-state index < -0.39 is 0 Å². The highest BCUT2D eigenvalue weighted by Gasteiger charge is 2.10. The molecule has 0 spiro atoms. The maximum atomic E-state index is 10.8. The van der Waals surface area contributed by atoms with Gasteiger partial charge in [-0.25, -0.2) is 0 Å². The van der Waals surface area contributed by atoms with Gasteiger partial charge in [0, 0.05) is 11.8 Å². The molecule has 0 aliphatic carbocycles. The Labute approximate surface area is 89.2 Å². The number of anilines is 1. The molecule has 0 bridgehead atoms. The van der Waals surface area contributed by atoms with Crippen LogP contribution in [0.4, 0.5) is 5.69 Å². The molecule has 0 aliphatic heterocycles. The smallest absolute Gasteiger partial charge is 0.223 e.